The fourth-order valence-corrected chi connectivity index (χ4v) is 17.0. The Morgan fingerprint density at radius 3 is 1.24 bits per heavy atom. The van der Waals surface area contributed by atoms with E-state index in [0.717, 1.165) is 173 Å². The Morgan fingerprint density at radius 1 is 0.504 bits per heavy atom. The molecule has 6 aromatic rings. The van der Waals surface area contributed by atoms with Crippen molar-refractivity contribution in [2.75, 3.05) is 93.0 Å². The minimum atomic E-state index is -0.561. The first-order valence-corrected chi connectivity index (χ1v) is 53.9. The predicted molar refractivity (Wildman–Crippen MR) is 547 cm³/mol. The van der Waals surface area contributed by atoms with E-state index in [-0.39, 0.29) is 36.3 Å². The number of anilines is 2. The average molecular weight is 1920 g/mol. The molecule has 2 aliphatic rings. The highest BCUT2D eigenvalue weighted by Crippen LogP contribution is 2.28. The summed E-state index contributed by atoms with van der Waals surface area (Å²) in [5.41, 5.74) is 8.06. The maximum absolute atomic E-state index is 12.2. The molecule has 0 aliphatic carbocycles. The van der Waals surface area contributed by atoms with E-state index in [4.69, 9.17) is 84.8 Å². The fourth-order valence-electron chi connectivity index (χ4n) is 16.2. The molecule has 0 spiro atoms. The lowest BCUT2D eigenvalue weighted by Crippen LogP contribution is -2.47. The Balaban J connectivity index is 0.000000412. The average Bonchev–Trinajstić information content (AvgIpc) is 1.63. The van der Waals surface area contributed by atoms with Crippen LogP contribution in [0.4, 0.5) is 11.4 Å². The molecule has 0 saturated carbocycles. The van der Waals surface area contributed by atoms with Crippen molar-refractivity contribution in [3.05, 3.63) is 78.2 Å². The van der Waals surface area contributed by atoms with Crippen molar-refractivity contribution < 1.29 is 47.6 Å². The maximum Gasteiger partial charge on any atom is 0.305 e. The van der Waals surface area contributed by atoms with Crippen LogP contribution in [0.3, 0.4) is 0 Å². The predicted octanol–water partition coefficient (Wildman–Crippen LogP) is 25.9. The van der Waals surface area contributed by atoms with E-state index in [1.807, 2.05) is 38.8 Å². The van der Waals surface area contributed by atoms with Gasteiger partial charge >= 0.3 is 11.9 Å². The van der Waals surface area contributed by atoms with Gasteiger partial charge in [-0.3, -0.25) is 23.9 Å². The molecule has 750 valence electrons. The molecule has 6 heterocycles. The third-order valence-electron chi connectivity index (χ3n) is 24.0. The van der Waals surface area contributed by atoms with E-state index in [9.17, 15) is 19.2 Å². The van der Waals surface area contributed by atoms with Crippen molar-refractivity contribution in [3.63, 3.8) is 0 Å². The van der Waals surface area contributed by atoms with E-state index in [2.05, 4.69) is 135 Å². The normalized spacial score (nSPS) is 14.9. The summed E-state index contributed by atoms with van der Waals surface area (Å²) in [4.78, 5) is 67.9. The molecular formula is C104H181Cl4N13O10. The number of hydrogen-bond donors (Lipinski definition) is 3. The van der Waals surface area contributed by atoms with Gasteiger partial charge in [-0.25, -0.2) is 15.0 Å². The lowest BCUT2D eigenvalue weighted by Gasteiger charge is -2.27. The molecule has 3 N–H and O–H groups in total. The quantitative estimate of drug-likeness (QED) is 0.0182. The number of nitrogens with one attached hydrogen (secondary N) is 3. The minimum absolute atomic E-state index is 0.00398. The SMILES string of the molecule is CCCCCCCCCCCCCC.CCCCCCCCCCCCCCCCCC(=O)NC(Cc1cnc[nH]1)C(=O)NC.CCCCCCCCCCOC1CCCC(C)O1.CCOC(=O)CCCc1nc2cc(N(CCCl)CCCl)ccc2n1C.CCOC(=O)CCCc1nc2cc(N(CCCl)CCCl)ccc2n1C.CCc1cn(CCCOC2CCCC(C)O2)nn1. The summed E-state index contributed by atoms with van der Waals surface area (Å²) in [6.07, 6.45) is 67.4. The van der Waals surface area contributed by atoms with E-state index >= 15 is 0 Å². The Bertz CT molecular complexity index is 3590. The largest absolute Gasteiger partial charge is 0.466 e. The first-order chi connectivity index (χ1) is 63.9. The van der Waals surface area contributed by atoms with Gasteiger partial charge in [-0.2, -0.15) is 0 Å². The van der Waals surface area contributed by atoms with Crippen LogP contribution in [-0.4, -0.2) is 182 Å². The highest BCUT2D eigenvalue weighted by molar-refractivity contribution is 6.19. The number of benzene rings is 2. The Morgan fingerprint density at radius 2 is 0.893 bits per heavy atom. The van der Waals surface area contributed by atoms with Crippen molar-refractivity contribution in [3.8, 4) is 0 Å². The van der Waals surface area contributed by atoms with Crippen molar-refractivity contribution >= 4 is 104 Å². The molecular weight excluding hydrogens is 1730 g/mol. The van der Waals surface area contributed by atoms with Crippen LogP contribution in [0.15, 0.2) is 55.1 Å². The third kappa shape index (κ3) is 57.1. The van der Waals surface area contributed by atoms with Crippen LogP contribution in [0, 0.1) is 0 Å². The van der Waals surface area contributed by atoms with Crippen molar-refractivity contribution in [2.24, 2.45) is 14.1 Å². The molecule has 0 radical (unpaired) electrons. The number of carbonyl (C=O) groups excluding carboxylic acids is 4. The molecule has 27 heteroatoms. The summed E-state index contributed by atoms with van der Waals surface area (Å²) in [6, 6.07) is 11.9. The summed E-state index contributed by atoms with van der Waals surface area (Å²) in [7, 11) is 5.59. The molecule has 23 nitrogen and oxygen atoms in total. The van der Waals surface area contributed by atoms with E-state index in [1.54, 1.807) is 19.6 Å². The standard InChI is InChI=1S/C25H46N4O2.2C18H25Cl2N3O2.C16H32O2.C14H30.C13H23N3O2/c1-3-4-5-6-7-8-9-10-11-12-13-14-15-16-17-18-24(30)29-23(25(31)26-2)19-22-20-27-21-28-22;2*1-3-25-18(24)6-4-5-17-21-15-13-14(7-8-16(15)22(17)2)23(11-9-19)12-10-20;1-3-4-5-6-7-8-9-10-14-17-16-13-11-12-15(2)18-16;1-3-5-7-9-11-13-14-12-10-8-6-4-2;1-3-12-10-16(15-14-12)8-5-9-17-13-7-4-6-11(2)18-13/h20-21,23H,3-19H2,1-2H3,(H,26,31)(H,27,28)(H,29,30);2*7-8,13H,3-6,9-12H2,1-2H3;15-16H,3-14H2,1-2H3;3-14H2,1-2H3;10-11,13H,3-9H2,1-2H3. The second-order valence-corrected chi connectivity index (χ2v) is 36.8. The van der Waals surface area contributed by atoms with Crippen molar-refractivity contribution in [1.29, 1.82) is 0 Å². The number of unbranched alkanes of at least 4 members (excludes halogenated alkanes) is 32. The van der Waals surface area contributed by atoms with Crippen LogP contribution >= 0.6 is 46.4 Å². The van der Waals surface area contributed by atoms with Crippen LogP contribution in [0.1, 0.15) is 387 Å². The maximum atomic E-state index is 12.2. The van der Waals surface area contributed by atoms with Gasteiger partial charge in [0.25, 0.3) is 0 Å². The molecule has 5 unspecified atom stereocenters. The number of aryl methyl sites for hydroxylation is 6. The van der Waals surface area contributed by atoms with Crippen LogP contribution in [0.2, 0.25) is 0 Å². The van der Waals surface area contributed by atoms with Gasteiger partial charge in [-0.1, -0.05) is 252 Å². The number of esters is 2. The summed E-state index contributed by atoms with van der Waals surface area (Å²) >= 11 is 23.6. The van der Waals surface area contributed by atoms with Gasteiger partial charge < -0.3 is 63.0 Å². The van der Waals surface area contributed by atoms with Gasteiger partial charge in [-0.05, 0) is 141 Å². The molecule has 2 fully saturated rings. The Labute approximate surface area is 813 Å². The number of alkyl halides is 4. The van der Waals surface area contributed by atoms with Gasteiger partial charge in [-0.15, -0.1) is 51.5 Å². The second-order valence-electron chi connectivity index (χ2n) is 35.3. The van der Waals surface area contributed by atoms with Gasteiger partial charge in [0.05, 0.1) is 66.1 Å². The monoisotopic (exact) mass is 1910 g/mol. The molecule has 131 heavy (non-hydrogen) atoms. The summed E-state index contributed by atoms with van der Waals surface area (Å²) in [5.74, 6) is 3.61. The summed E-state index contributed by atoms with van der Waals surface area (Å²) in [6.45, 7) is 25.4. The van der Waals surface area contributed by atoms with E-state index < -0.39 is 6.04 Å². The number of nitrogens with zero attached hydrogens (tertiary/aromatic N) is 10. The molecule has 2 saturated heterocycles. The van der Waals surface area contributed by atoms with Gasteiger partial charge in [0.15, 0.2) is 12.6 Å². The fraction of sp³-hybridized carbons (Fsp3) is 0.779. The van der Waals surface area contributed by atoms with Crippen LogP contribution in [0.5, 0.6) is 0 Å². The van der Waals surface area contributed by atoms with Crippen molar-refractivity contribution in [1.82, 2.24) is 54.7 Å². The zero-order chi connectivity index (χ0) is 95.4. The highest BCUT2D eigenvalue weighted by Gasteiger charge is 2.24. The molecule has 0 bridgehead atoms. The number of fused-ring (bicyclic) bond motifs is 2. The number of H-pyrrole nitrogens is 1. The smallest absolute Gasteiger partial charge is 0.305 e. The van der Waals surface area contributed by atoms with Crippen LogP contribution in [0.25, 0.3) is 22.1 Å². The number of rotatable bonds is 67. The first kappa shape index (κ1) is 119. The van der Waals surface area contributed by atoms with Crippen LogP contribution in [-0.2, 0) is 93.9 Å². The molecule has 2 aromatic carbocycles. The van der Waals surface area contributed by atoms with Gasteiger partial charge in [0.1, 0.15) is 17.7 Å². The Hall–Kier alpha value is -5.79. The molecule has 2 aliphatic heterocycles. The lowest BCUT2D eigenvalue weighted by atomic mass is 10.0. The lowest BCUT2D eigenvalue weighted by molar-refractivity contribution is -0.189. The molecule has 8 rings (SSSR count). The number of carbonyl (C=O) groups is 4. The third-order valence-corrected chi connectivity index (χ3v) is 24.7. The number of aromatic amines is 1. The number of ether oxygens (including phenoxy) is 6. The number of amides is 2. The Kier molecular flexibility index (Phi) is 73.2. The van der Waals surface area contributed by atoms with Gasteiger partial charge in [0.2, 0.25) is 11.8 Å². The molecule has 5 atom stereocenters. The summed E-state index contributed by atoms with van der Waals surface area (Å²) in [5, 5.41) is 13.6. The highest BCUT2D eigenvalue weighted by atomic mass is 35.5. The molecule has 2 amide bonds. The zero-order valence-corrected chi connectivity index (χ0v) is 86.9. The van der Waals surface area contributed by atoms with Crippen LogP contribution < -0.4 is 20.4 Å². The van der Waals surface area contributed by atoms with Gasteiger partial charge in [0, 0.05) is 152 Å². The van der Waals surface area contributed by atoms with Crippen molar-refractivity contribution in [2.45, 2.75) is 427 Å². The number of aromatic nitrogens is 9. The van der Waals surface area contributed by atoms with E-state index in [0.29, 0.717) is 74.6 Å². The number of likely N-dealkylation sites (N-methyl/N-ethyl adjacent to an activating group) is 1. The summed E-state index contributed by atoms with van der Waals surface area (Å²) < 4.78 is 38.9. The number of hydrogen-bond acceptors (Lipinski definition) is 17. The zero-order valence-electron chi connectivity index (χ0n) is 83.9. The topological polar surface area (TPSA) is 249 Å². The number of imidazole rings is 3. The first-order valence-electron chi connectivity index (χ1n) is 51.8. The second kappa shape index (κ2) is 80.3. The van der Waals surface area contributed by atoms with E-state index in [1.165, 1.54) is 231 Å². The number of halogens is 4. The molecule has 4 aromatic heterocycles. The minimum Gasteiger partial charge on any atom is -0.466 e.